The first-order valence-corrected chi connectivity index (χ1v) is 5.21. The van der Waals surface area contributed by atoms with Gasteiger partial charge in [-0.3, -0.25) is 4.79 Å². The second kappa shape index (κ2) is 5.32. The molecule has 0 aliphatic carbocycles. The van der Waals surface area contributed by atoms with Crippen LogP contribution in [-0.2, 0) is 14.3 Å². The number of ether oxygens (including phenoxy) is 2. The molecule has 1 heterocycles. The summed E-state index contributed by atoms with van der Waals surface area (Å²) in [5.41, 5.74) is -0.180. The molecular weight excluding hydrogens is 182 g/mol. The molecule has 1 aliphatic rings. The minimum atomic E-state index is -0.180. The van der Waals surface area contributed by atoms with Crippen molar-refractivity contribution in [2.24, 2.45) is 0 Å². The van der Waals surface area contributed by atoms with Crippen LogP contribution in [0.5, 0.6) is 0 Å². The fraction of sp³-hybridized carbons (Fsp3) is 0.900. The summed E-state index contributed by atoms with van der Waals surface area (Å²) in [6.07, 6.45) is 1.30. The van der Waals surface area contributed by atoms with E-state index in [1.807, 2.05) is 13.8 Å². The number of carbonyl (C=O) groups is 1. The third-order valence-corrected chi connectivity index (χ3v) is 2.44. The van der Waals surface area contributed by atoms with Crippen LogP contribution >= 0.6 is 0 Å². The van der Waals surface area contributed by atoms with Crippen LogP contribution in [0.2, 0.25) is 0 Å². The maximum absolute atomic E-state index is 11.4. The molecule has 1 unspecified atom stereocenters. The fourth-order valence-corrected chi connectivity index (χ4v) is 1.81. The SMILES string of the molecule is CCNC1(CC(=O)OCC)CCOC1. The van der Waals surface area contributed by atoms with Crippen molar-refractivity contribution in [1.29, 1.82) is 0 Å². The van der Waals surface area contributed by atoms with Gasteiger partial charge in [0.25, 0.3) is 0 Å². The first kappa shape index (κ1) is 11.5. The summed E-state index contributed by atoms with van der Waals surface area (Å²) in [4.78, 5) is 11.4. The molecule has 1 N–H and O–H groups in total. The Labute approximate surface area is 85.0 Å². The molecule has 14 heavy (non-hydrogen) atoms. The Hall–Kier alpha value is -0.610. The average molecular weight is 201 g/mol. The van der Waals surface area contributed by atoms with Crippen molar-refractivity contribution in [3.63, 3.8) is 0 Å². The largest absolute Gasteiger partial charge is 0.466 e. The van der Waals surface area contributed by atoms with Crippen molar-refractivity contribution >= 4 is 5.97 Å². The van der Waals surface area contributed by atoms with Crippen LogP contribution in [0.1, 0.15) is 26.7 Å². The number of likely N-dealkylation sites (N-methyl/N-ethyl adjacent to an activating group) is 1. The molecule has 1 aliphatic heterocycles. The van der Waals surface area contributed by atoms with Crippen molar-refractivity contribution in [2.45, 2.75) is 32.2 Å². The molecule has 4 heteroatoms. The normalized spacial score (nSPS) is 26.4. The fourth-order valence-electron chi connectivity index (χ4n) is 1.81. The smallest absolute Gasteiger partial charge is 0.307 e. The van der Waals surface area contributed by atoms with Crippen LogP contribution in [-0.4, -0.2) is 37.9 Å². The highest BCUT2D eigenvalue weighted by molar-refractivity contribution is 5.71. The van der Waals surface area contributed by atoms with Gasteiger partial charge < -0.3 is 14.8 Å². The number of nitrogens with one attached hydrogen (secondary N) is 1. The van der Waals surface area contributed by atoms with Gasteiger partial charge in [-0.25, -0.2) is 0 Å². The molecule has 1 fully saturated rings. The molecule has 0 aromatic heterocycles. The highest BCUT2D eigenvalue weighted by Crippen LogP contribution is 2.22. The Morgan fingerprint density at radius 1 is 1.57 bits per heavy atom. The van der Waals surface area contributed by atoms with Gasteiger partial charge in [-0.15, -0.1) is 0 Å². The molecule has 4 nitrogen and oxygen atoms in total. The molecule has 0 bridgehead atoms. The van der Waals surface area contributed by atoms with Crippen LogP contribution < -0.4 is 5.32 Å². The van der Waals surface area contributed by atoms with Crippen LogP contribution in [0.25, 0.3) is 0 Å². The summed E-state index contributed by atoms with van der Waals surface area (Å²) in [5, 5.41) is 3.32. The second-order valence-electron chi connectivity index (χ2n) is 3.60. The van der Waals surface area contributed by atoms with Crippen molar-refractivity contribution in [2.75, 3.05) is 26.4 Å². The summed E-state index contributed by atoms with van der Waals surface area (Å²) < 4.78 is 10.3. The van der Waals surface area contributed by atoms with Gasteiger partial charge in [-0.2, -0.15) is 0 Å². The number of rotatable bonds is 5. The lowest BCUT2D eigenvalue weighted by molar-refractivity contribution is -0.144. The number of carbonyl (C=O) groups excluding carboxylic acids is 1. The van der Waals surface area contributed by atoms with Gasteiger partial charge >= 0.3 is 5.97 Å². The van der Waals surface area contributed by atoms with Gasteiger partial charge in [-0.1, -0.05) is 6.92 Å². The van der Waals surface area contributed by atoms with Gasteiger partial charge in [-0.05, 0) is 19.9 Å². The van der Waals surface area contributed by atoms with Gasteiger partial charge in [0.1, 0.15) is 0 Å². The molecule has 0 saturated carbocycles. The Morgan fingerprint density at radius 2 is 2.36 bits per heavy atom. The summed E-state index contributed by atoms with van der Waals surface area (Å²) in [7, 11) is 0. The van der Waals surface area contributed by atoms with Crippen LogP contribution in [0, 0.1) is 0 Å². The van der Waals surface area contributed by atoms with Gasteiger partial charge in [0.05, 0.1) is 25.2 Å². The van der Waals surface area contributed by atoms with E-state index in [0.29, 0.717) is 19.6 Å². The van der Waals surface area contributed by atoms with Crippen LogP contribution in [0.3, 0.4) is 0 Å². The number of hydrogen-bond donors (Lipinski definition) is 1. The van der Waals surface area contributed by atoms with Gasteiger partial charge in [0, 0.05) is 6.61 Å². The lowest BCUT2D eigenvalue weighted by Crippen LogP contribution is -2.47. The van der Waals surface area contributed by atoms with Crippen molar-refractivity contribution in [3.8, 4) is 0 Å². The van der Waals surface area contributed by atoms with Crippen molar-refractivity contribution < 1.29 is 14.3 Å². The molecule has 82 valence electrons. The highest BCUT2D eigenvalue weighted by Gasteiger charge is 2.36. The molecule has 0 aromatic rings. The van der Waals surface area contributed by atoms with Crippen LogP contribution in [0.4, 0.5) is 0 Å². The first-order chi connectivity index (χ1) is 6.72. The predicted molar refractivity (Wildman–Crippen MR) is 53.1 cm³/mol. The molecule has 0 amide bonds. The summed E-state index contributed by atoms with van der Waals surface area (Å²) in [6, 6.07) is 0. The standard InChI is InChI=1S/C10H19NO3/c1-3-11-10(5-6-13-8-10)7-9(12)14-4-2/h11H,3-8H2,1-2H3. The molecular formula is C10H19NO3. The van der Waals surface area contributed by atoms with E-state index in [4.69, 9.17) is 9.47 Å². The van der Waals surface area contributed by atoms with E-state index in [2.05, 4.69) is 5.32 Å². The van der Waals surface area contributed by atoms with Crippen molar-refractivity contribution in [1.82, 2.24) is 5.32 Å². The number of esters is 1. The molecule has 1 saturated heterocycles. The first-order valence-electron chi connectivity index (χ1n) is 5.21. The molecule has 0 radical (unpaired) electrons. The molecule has 0 spiro atoms. The topological polar surface area (TPSA) is 47.6 Å². The molecule has 1 atom stereocenters. The zero-order valence-corrected chi connectivity index (χ0v) is 8.97. The summed E-state index contributed by atoms with van der Waals surface area (Å²) in [5.74, 6) is -0.140. The van der Waals surface area contributed by atoms with E-state index in [0.717, 1.165) is 19.6 Å². The average Bonchev–Trinajstić information content (AvgIpc) is 2.54. The van der Waals surface area contributed by atoms with E-state index in [9.17, 15) is 4.79 Å². The molecule has 0 aromatic carbocycles. The Kier molecular flexibility index (Phi) is 4.35. The lowest BCUT2D eigenvalue weighted by Gasteiger charge is -2.27. The lowest BCUT2D eigenvalue weighted by atomic mass is 9.94. The van der Waals surface area contributed by atoms with E-state index in [1.165, 1.54) is 0 Å². The quantitative estimate of drug-likeness (QED) is 0.665. The van der Waals surface area contributed by atoms with E-state index < -0.39 is 0 Å². The summed E-state index contributed by atoms with van der Waals surface area (Å²) >= 11 is 0. The third-order valence-electron chi connectivity index (χ3n) is 2.44. The third kappa shape index (κ3) is 2.96. The summed E-state index contributed by atoms with van der Waals surface area (Å²) in [6.45, 7) is 6.49. The van der Waals surface area contributed by atoms with E-state index in [-0.39, 0.29) is 11.5 Å². The minimum absolute atomic E-state index is 0.140. The Bertz CT molecular complexity index is 188. The Balaban J connectivity index is 2.46. The van der Waals surface area contributed by atoms with Gasteiger partial charge in [0.2, 0.25) is 0 Å². The number of hydrogen-bond acceptors (Lipinski definition) is 4. The maximum Gasteiger partial charge on any atom is 0.307 e. The van der Waals surface area contributed by atoms with Crippen LogP contribution in [0.15, 0.2) is 0 Å². The molecule has 1 rings (SSSR count). The second-order valence-corrected chi connectivity index (χ2v) is 3.60. The van der Waals surface area contributed by atoms with E-state index in [1.54, 1.807) is 0 Å². The monoisotopic (exact) mass is 201 g/mol. The predicted octanol–water partition coefficient (Wildman–Crippen LogP) is 0.708. The highest BCUT2D eigenvalue weighted by atomic mass is 16.5. The zero-order chi connectivity index (χ0) is 10.4. The minimum Gasteiger partial charge on any atom is -0.466 e. The van der Waals surface area contributed by atoms with Gasteiger partial charge in [0.15, 0.2) is 0 Å². The van der Waals surface area contributed by atoms with E-state index >= 15 is 0 Å². The Morgan fingerprint density at radius 3 is 2.86 bits per heavy atom. The zero-order valence-electron chi connectivity index (χ0n) is 8.97. The van der Waals surface area contributed by atoms with Crippen molar-refractivity contribution in [3.05, 3.63) is 0 Å². The maximum atomic E-state index is 11.4.